The van der Waals surface area contributed by atoms with Crippen LogP contribution in [-0.4, -0.2) is 25.0 Å². The number of para-hydroxylation sites is 1. The lowest BCUT2D eigenvalue weighted by atomic mass is 9.90. The summed E-state index contributed by atoms with van der Waals surface area (Å²) in [7, 11) is 1.60. The van der Waals surface area contributed by atoms with E-state index in [0.717, 1.165) is 47.4 Å². The zero-order chi connectivity index (χ0) is 24.1. The number of amides is 2. The van der Waals surface area contributed by atoms with Crippen LogP contribution in [0.1, 0.15) is 40.5 Å². The Balaban J connectivity index is 1.43. The molecule has 3 heterocycles. The van der Waals surface area contributed by atoms with Gasteiger partial charge in [0, 0.05) is 4.88 Å². The highest BCUT2D eigenvalue weighted by Gasteiger charge is 2.61. The first-order chi connectivity index (χ1) is 17.1. The Labute approximate surface area is 207 Å². The van der Waals surface area contributed by atoms with Gasteiger partial charge < -0.3 is 4.74 Å². The molecule has 1 aliphatic carbocycles. The highest BCUT2D eigenvalue weighted by Crippen LogP contribution is 2.50. The monoisotopic (exact) mass is 485 g/mol. The van der Waals surface area contributed by atoms with Crippen LogP contribution in [0, 0.1) is 17.2 Å². The molecule has 0 radical (unpaired) electrons. The number of aryl methyl sites for hydroxylation is 1. The van der Waals surface area contributed by atoms with E-state index < -0.39 is 24.0 Å². The number of methoxy groups -OCH3 is 1. The Morgan fingerprint density at radius 1 is 1.03 bits per heavy atom. The quantitative estimate of drug-likeness (QED) is 0.504. The third kappa shape index (κ3) is 3.34. The smallest absolute Gasteiger partial charge is 0.267 e. The Kier molecular flexibility index (Phi) is 5.32. The van der Waals surface area contributed by atoms with Crippen LogP contribution in [0.3, 0.4) is 0 Å². The molecule has 3 aliphatic rings. The molecule has 6 rings (SSSR count). The summed E-state index contributed by atoms with van der Waals surface area (Å²) in [6, 6.07) is 18.7. The minimum absolute atomic E-state index is 0.325. The van der Waals surface area contributed by atoms with Crippen molar-refractivity contribution < 1.29 is 19.2 Å². The second-order valence-electron chi connectivity index (χ2n) is 8.95. The molecule has 3 atom stereocenters. The maximum atomic E-state index is 13.9. The predicted molar refractivity (Wildman–Crippen MR) is 131 cm³/mol. The van der Waals surface area contributed by atoms with Gasteiger partial charge in [0.1, 0.15) is 22.7 Å². The van der Waals surface area contributed by atoms with Gasteiger partial charge in [-0.15, -0.1) is 11.3 Å². The van der Waals surface area contributed by atoms with Crippen LogP contribution in [0.2, 0.25) is 0 Å². The summed E-state index contributed by atoms with van der Waals surface area (Å²) < 4.78 is 5.30. The molecular formula is C27H23N3O4S. The van der Waals surface area contributed by atoms with Gasteiger partial charge in [0.15, 0.2) is 6.10 Å². The number of ether oxygens (including phenoxy) is 1. The van der Waals surface area contributed by atoms with E-state index in [1.54, 1.807) is 12.2 Å². The van der Waals surface area contributed by atoms with Gasteiger partial charge in [-0.2, -0.15) is 5.26 Å². The lowest BCUT2D eigenvalue weighted by molar-refractivity contribution is -0.126. The van der Waals surface area contributed by atoms with E-state index >= 15 is 0 Å². The van der Waals surface area contributed by atoms with Gasteiger partial charge >= 0.3 is 0 Å². The fourth-order valence-corrected chi connectivity index (χ4v) is 6.73. The Morgan fingerprint density at radius 2 is 1.77 bits per heavy atom. The molecule has 176 valence electrons. The maximum Gasteiger partial charge on any atom is 0.267 e. The number of thiophene rings is 1. The largest absolute Gasteiger partial charge is 0.497 e. The minimum Gasteiger partial charge on any atom is -0.497 e. The van der Waals surface area contributed by atoms with Gasteiger partial charge in [0.2, 0.25) is 5.91 Å². The SMILES string of the molecule is COc1ccc([C@@H]2[C@H]3C(=O)N(c4sc5c(c4C#N)CCCC5)C(=O)[C@H]3ON2c2ccccc2)cc1. The van der Waals surface area contributed by atoms with Gasteiger partial charge in [-0.05, 0) is 61.1 Å². The number of nitriles is 1. The third-order valence-corrected chi connectivity index (χ3v) is 8.33. The summed E-state index contributed by atoms with van der Waals surface area (Å²) in [5, 5.41) is 12.1. The summed E-state index contributed by atoms with van der Waals surface area (Å²) in [4.78, 5) is 36.1. The second-order valence-corrected chi connectivity index (χ2v) is 10.0. The first-order valence-corrected chi connectivity index (χ1v) is 12.5. The van der Waals surface area contributed by atoms with E-state index in [4.69, 9.17) is 9.57 Å². The van der Waals surface area contributed by atoms with Gasteiger partial charge in [-0.3, -0.25) is 14.4 Å². The first-order valence-electron chi connectivity index (χ1n) is 11.7. The van der Waals surface area contributed by atoms with Crippen LogP contribution in [-0.2, 0) is 27.3 Å². The zero-order valence-corrected chi connectivity index (χ0v) is 20.0. The molecule has 2 saturated heterocycles. The Morgan fingerprint density at radius 3 is 2.49 bits per heavy atom. The molecule has 35 heavy (non-hydrogen) atoms. The molecule has 0 N–H and O–H groups in total. The molecule has 8 heteroatoms. The lowest BCUT2D eigenvalue weighted by Gasteiger charge is -2.28. The van der Waals surface area contributed by atoms with E-state index in [1.165, 1.54) is 16.2 Å². The average Bonchev–Trinajstić information content (AvgIpc) is 3.54. The molecule has 0 unspecified atom stereocenters. The number of anilines is 2. The first kappa shape index (κ1) is 21.8. The van der Waals surface area contributed by atoms with E-state index in [9.17, 15) is 14.9 Å². The van der Waals surface area contributed by atoms with Gasteiger partial charge in [-0.25, -0.2) is 9.96 Å². The summed E-state index contributed by atoms with van der Waals surface area (Å²) in [5.74, 6) is -0.767. The van der Waals surface area contributed by atoms with Crippen LogP contribution >= 0.6 is 11.3 Å². The van der Waals surface area contributed by atoms with Crippen LogP contribution in [0.4, 0.5) is 10.7 Å². The zero-order valence-electron chi connectivity index (χ0n) is 19.1. The standard InChI is InChI=1S/C27H23N3O4S/c1-33-18-13-11-16(12-14-18)23-22-24(34-30(23)17-7-3-2-4-8-17)26(32)29(25(22)31)27-20(15-28)19-9-5-6-10-21(19)35-27/h2-4,7-8,11-14,22-24H,5-6,9-10H2,1H3/t22-,23-,24+/m1/s1. The van der Waals surface area contributed by atoms with Crippen LogP contribution < -0.4 is 14.7 Å². The number of carbonyl (C=O) groups excluding carboxylic acids is 2. The number of benzene rings is 2. The molecular weight excluding hydrogens is 462 g/mol. The Bertz CT molecular complexity index is 1350. The van der Waals surface area contributed by atoms with Crippen molar-refractivity contribution in [3.8, 4) is 11.8 Å². The van der Waals surface area contributed by atoms with Crippen molar-refractivity contribution in [2.45, 2.75) is 37.8 Å². The molecule has 2 aliphatic heterocycles. The molecule has 2 amide bonds. The summed E-state index contributed by atoms with van der Waals surface area (Å²) in [6.45, 7) is 0. The Hall–Kier alpha value is -3.67. The molecule has 0 bridgehead atoms. The fraction of sp³-hybridized carbons (Fsp3) is 0.296. The van der Waals surface area contributed by atoms with Crippen molar-refractivity contribution in [1.29, 1.82) is 5.26 Å². The number of rotatable bonds is 4. The van der Waals surface area contributed by atoms with Crippen molar-refractivity contribution in [2.75, 3.05) is 17.1 Å². The second kappa shape index (κ2) is 8.52. The minimum atomic E-state index is -0.958. The summed E-state index contributed by atoms with van der Waals surface area (Å²) >= 11 is 1.41. The fourth-order valence-electron chi connectivity index (χ4n) is 5.38. The van der Waals surface area contributed by atoms with Crippen molar-refractivity contribution in [2.24, 2.45) is 5.92 Å². The summed E-state index contributed by atoms with van der Waals surface area (Å²) in [5.41, 5.74) is 3.07. The number of fused-ring (bicyclic) bond motifs is 2. The topological polar surface area (TPSA) is 82.9 Å². The van der Waals surface area contributed by atoms with Gasteiger partial charge in [0.25, 0.3) is 5.91 Å². The van der Waals surface area contributed by atoms with Crippen molar-refractivity contribution in [1.82, 2.24) is 0 Å². The van der Waals surface area contributed by atoms with Gasteiger partial charge in [-0.1, -0.05) is 30.3 Å². The molecule has 0 saturated carbocycles. The number of imide groups is 1. The number of hydroxylamine groups is 1. The van der Waals surface area contributed by atoms with E-state index in [1.807, 2.05) is 54.6 Å². The number of hydrogen-bond donors (Lipinski definition) is 0. The van der Waals surface area contributed by atoms with Crippen LogP contribution in [0.5, 0.6) is 5.75 Å². The molecule has 2 fully saturated rings. The van der Waals surface area contributed by atoms with E-state index in [0.29, 0.717) is 16.3 Å². The van der Waals surface area contributed by atoms with Crippen molar-refractivity contribution in [3.05, 3.63) is 76.2 Å². The maximum absolute atomic E-state index is 13.9. The van der Waals surface area contributed by atoms with E-state index in [2.05, 4.69) is 6.07 Å². The highest BCUT2D eigenvalue weighted by molar-refractivity contribution is 7.17. The average molecular weight is 486 g/mol. The predicted octanol–water partition coefficient (Wildman–Crippen LogP) is 4.56. The molecule has 7 nitrogen and oxygen atoms in total. The van der Waals surface area contributed by atoms with E-state index in [-0.39, 0.29) is 5.91 Å². The molecule has 1 aromatic heterocycles. The molecule has 2 aromatic carbocycles. The van der Waals surface area contributed by atoms with Crippen LogP contribution in [0.25, 0.3) is 0 Å². The summed E-state index contributed by atoms with van der Waals surface area (Å²) in [6.07, 6.45) is 2.80. The molecule has 3 aromatic rings. The van der Waals surface area contributed by atoms with Crippen LogP contribution in [0.15, 0.2) is 54.6 Å². The van der Waals surface area contributed by atoms with Gasteiger partial charge in [0.05, 0.1) is 24.4 Å². The number of nitrogens with zero attached hydrogens (tertiary/aromatic N) is 3. The third-order valence-electron chi connectivity index (χ3n) is 7.05. The molecule has 0 spiro atoms. The van der Waals surface area contributed by atoms with Crippen molar-refractivity contribution in [3.63, 3.8) is 0 Å². The normalized spacial score (nSPS) is 23.3. The number of hydrogen-bond acceptors (Lipinski definition) is 7. The van der Waals surface area contributed by atoms with Crippen molar-refractivity contribution >= 4 is 33.8 Å². The number of carbonyl (C=O) groups is 2. The highest BCUT2D eigenvalue weighted by atomic mass is 32.1. The lowest BCUT2D eigenvalue weighted by Crippen LogP contribution is -2.37.